The summed E-state index contributed by atoms with van der Waals surface area (Å²) in [7, 11) is 1.71. The van der Waals surface area contributed by atoms with Gasteiger partial charge in [-0.1, -0.05) is 41.4 Å². The van der Waals surface area contributed by atoms with Gasteiger partial charge in [-0.25, -0.2) is 5.48 Å². The molecule has 0 fully saturated rings. The average molecular weight is 232 g/mol. The summed E-state index contributed by atoms with van der Waals surface area (Å²) in [4.78, 5) is 4.91. The number of hydroxylamine groups is 1. The molecule has 0 aliphatic carbocycles. The third-order valence-electron chi connectivity index (χ3n) is 1.58. The molecule has 0 spiro atoms. The Morgan fingerprint density at radius 3 is 2.86 bits per heavy atom. The van der Waals surface area contributed by atoms with Gasteiger partial charge in [0.25, 0.3) is 0 Å². The summed E-state index contributed by atoms with van der Waals surface area (Å²) < 4.78 is 0. The molecule has 14 heavy (non-hydrogen) atoms. The van der Waals surface area contributed by atoms with Crippen molar-refractivity contribution in [1.82, 2.24) is 5.48 Å². The Hall–Kier alpha value is -0.540. The number of hydrogen-bond acceptors (Lipinski definition) is 2. The van der Waals surface area contributed by atoms with Crippen LogP contribution in [0.4, 0.5) is 0 Å². The van der Waals surface area contributed by atoms with E-state index >= 15 is 0 Å². The number of hydrogen-bond donors (Lipinski definition) is 1. The summed E-state index contributed by atoms with van der Waals surface area (Å²) in [6.07, 6.45) is 3.75. The van der Waals surface area contributed by atoms with Crippen molar-refractivity contribution in [2.24, 2.45) is 0 Å². The van der Waals surface area contributed by atoms with Crippen LogP contribution in [0.25, 0.3) is 6.08 Å². The Balaban J connectivity index is 2.62. The summed E-state index contributed by atoms with van der Waals surface area (Å²) in [5, 5.41) is 1.27. The van der Waals surface area contributed by atoms with E-state index in [1.807, 2.05) is 18.2 Å². The molecule has 0 heterocycles. The van der Waals surface area contributed by atoms with Crippen LogP contribution >= 0.6 is 23.2 Å². The van der Waals surface area contributed by atoms with Gasteiger partial charge >= 0.3 is 0 Å². The standard InChI is InChI=1S/C10H11Cl2NO/c1-13-14-6-2-3-8-4-5-9(11)7-10(8)12/h2-5,7,13H,6H2,1H3/b3-2+. The van der Waals surface area contributed by atoms with E-state index in [1.165, 1.54) is 0 Å². The minimum atomic E-state index is 0.495. The molecule has 0 saturated heterocycles. The average Bonchev–Trinajstić information content (AvgIpc) is 2.15. The SMILES string of the molecule is CNOC/C=C/c1ccc(Cl)cc1Cl. The lowest BCUT2D eigenvalue weighted by atomic mass is 10.2. The molecule has 0 aliphatic heterocycles. The van der Waals surface area contributed by atoms with Gasteiger partial charge in [0.1, 0.15) is 0 Å². The van der Waals surface area contributed by atoms with E-state index < -0.39 is 0 Å². The van der Waals surface area contributed by atoms with Crippen LogP contribution in [0.3, 0.4) is 0 Å². The molecule has 1 rings (SSSR count). The van der Waals surface area contributed by atoms with Crippen molar-refractivity contribution in [3.05, 3.63) is 39.9 Å². The van der Waals surface area contributed by atoms with Crippen molar-refractivity contribution in [2.75, 3.05) is 13.7 Å². The highest BCUT2D eigenvalue weighted by Crippen LogP contribution is 2.21. The summed E-state index contributed by atoms with van der Waals surface area (Å²) in [5.41, 5.74) is 3.50. The van der Waals surface area contributed by atoms with Crippen molar-refractivity contribution in [3.8, 4) is 0 Å². The van der Waals surface area contributed by atoms with Crippen LogP contribution in [-0.2, 0) is 4.84 Å². The fourth-order valence-electron chi connectivity index (χ4n) is 0.943. The Morgan fingerprint density at radius 2 is 2.21 bits per heavy atom. The molecule has 0 saturated carbocycles. The van der Waals surface area contributed by atoms with Crippen molar-refractivity contribution < 1.29 is 4.84 Å². The molecular weight excluding hydrogens is 221 g/mol. The van der Waals surface area contributed by atoms with Gasteiger partial charge in [-0.3, -0.25) is 4.84 Å². The summed E-state index contributed by atoms with van der Waals surface area (Å²) >= 11 is 11.7. The van der Waals surface area contributed by atoms with E-state index in [9.17, 15) is 0 Å². The topological polar surface area (TPSA) is 21.3 Å². The first kappa shape index (κ1) is 11.5. The molecule has 0 bridgehead atoms. The smallest absolute Gasteiger partial charge is 0.0866 e. The summed E-state index contributed by atoms with van der Waals surface area (Å²) in [5.74, 6) is 0. The van der Waals surface area contributed by atoms with Crippen LogP contribution in [0.2, 0.25) is 10.0 Å². The first-order chi connectivity index (χ1) is 6.74. The second-order valence-corrected chi connectivity index (χ2v) is 3.43. The van der Waals surface area contributed by atoms with Crippen molar-refractivity contribution >= 4 is 29.3 Å². The lowest BCUT2D eigenvalue weighted by molar-refractivity contribution is 0.0814. The first-order valence-corrected chi connectivity index (χ1v) is 4.89. The quantitative estimate of drug-likeness (QED) is 0.635. The fraction of sp³-hybridized carbons (Fsp3) is 0.200. The monoisotopic (exact) mass is 231 g/mol. The molecular formula is C10H11Cl2NO. The van der Waals surface area contributed by atoms with Gasteiger partial charge in [-0.15, -0.1) is 0 Å². The molecule has 0 radical (unpaired) electrons. The lowest BCUT2D eigenvalue weighted by Crippen LogP contribution is -2.06. The molecule has 0 aliphatic rings. The fourth-order valence-corrected chi connectivity index (χ4v) is 1.41. The zero-order valence-electron chi connectivity index (χ0n) is 7.76. The number of nitrogens with one attached hydrogen (secondary N) is 1. The maximum atomic E-state index is 5.95. The molecule has 0 aromatic heterocycles. The second kappa shape index (κ2) is 6.04. The minimum absolute atomic E-state index is 0.495. The Morgan fingerprint density at radius 1 is 1.43 bits per heavy atom. The van der Waals surface area contributed by atoms with Crippen LogP contribution in [-0.4, -0.2) is 13.7 Å². The summed E-state index contributed by atoms with van der Waals surface area (Å²) in [6, 6.07) is 5.37. The zero-order valence-corrected chi connectivity index (χ0v) is 9.27. The predicted octanol–water partition coefficient (Wildman–Crippen LogP) is 3.16. The van der Waals surface area contributed by atoms with Crippen LogP contribution < -0.4 is 5.48 Å². The Kier molecular flexibility index (Phi) is 4.98. The molecule has 76 valence electrons. The highest BCUT2D eigenvalue weighted by atomic mass is 35.5. The molecule has 1 aromatic rings. The van der Waals surface area contributed by atoms with Crippen LogP contribution in [0, 0.1) is 0 Å². The number of rotatable bonds is 4. The minimum Gasteiger partial charge on any atom is -0.298 e. The highest BCUT2D eigenvalue weighted by molar-refractivity contribution is 6.35. The maximum absolute atomic E-state index is 5.95. The Labute approximate surface area is 93.4 Å². The van der Waals surface area contributed by atoms with Gasteiger partial charge in [0.15, 0.2) is 0 Å². The van der Waals surface area contributed by atoms with E-state index in [4.69, 9.17) is 28.0 Å². The van der Waals surface area contributed by atoms with Gasteiger partial charge in [0.05, 0.1) is 6.61 Å². The van der Waals surface area contributed by atoms with Crippen LogP contribution in [0.1, 0.15) is 5.56 Å². The number of benzene rings is 1. The lowest BCUT2D eigenvalue weighted by Gasteiger charge is -1.99. The van der Waals surface area contributed by atoms with Gasteiger partial charge < -0.3 is 0 Å². The van der Waals surface area contributed by atoms with E-state index in [-0.39, 0.29) is 0 Å². The molecule has 0 unspecified atom stereocenters. The molecule has 1 N–H and O–H groups in total. The van der Waals surface area contributed by atoms with E-state index in [0.29, 0.717) is 16.7 Å². The number of halogens is 2. The largest absolute Gasteiger partial charge is 0.298 e. The van der Waals surface area contributed by atoms with E-state index in [1.54, 1.807) is 19.2 Å². The highest BCUT2D eigenvalue weighted by Gasteiger charge is 1.96. The third kappa shape index (κ3) is 3.68. The third-order valence-corrected chi connectivity index (χ3v) is 2.15. The van der Waals surface area contributed by atoms with Crippen LogP contribution in [0.15, 0.2) is 24.3 Å². The molecule has 0 amide bonds. The summed E-state index contributed by atoms with van der Waals surface area (Å²) in [6.45, 7) is 0.495. The van der Waals surface area contributed by atoms with E-state index in [0.717, 1.165) is 5.56 Å². The van der Waals surface area contributed by atoms with Crippen LogP contribution in [0.5, 0.6) is 0 Å². The van der Waals surface area contributed by atoms with Gasteiger partial charge in [-0.2, -0.15) is 0 Å². The van der Waals surface area contributed by atoms with Crippen molar-refractivity contribution in [3.63, 3.8) is 0 Å². The second-order valence-electron chi connectivity index (χ2n) is 2.58. The molecule has 2 nitrogen and oxygen atoms in total. The van der Waals surface area contributed by atoms with Crippen molar-refractivity contribution in [1.29, 1.82) is 0 Å². The molecule has 4 heteroatoms. The van der Waals surface area contributed by atoms with Gasteiger partial charge in [-0.05, 0) is 17.7 Å². The first-order valence-electron chi connectivity index (χ1n) is 4.14. The predicted molar refractivity (Wildman–Crippen MR) is 60.5 cm³/mol. The zero-order chi connectivity index (χ0) is 10.4. The van der Waals surface area contributed by atoms with Gasteiger partial charge in [0.2, 0.25) is 0 Å². The Bertz CT molecular complexity index is 326. The van der Waals surface area contributed by atoms with E-state index in [2.05, 4.69) is 5.48 Å². The maximum Gasteiger partial charge on any atom is 0.0866 e. The van der Waals surface area contributed by atoms with Crippen molar-refractivity contribution in [2.45, 2.75) is 0 Å². The molecule has 0 atom stereocenters. The molecule has 1 aromatic carbocycles. The van der Waals surface area contributed by atoms with Gasteiger partial charge in [0, 0.05) is 17.1 Å². The normalized spacial score (nSPS) is 11.1.